The summed E-state index contributed by atoms with van der Waals surface area (Å²) in [6.07, 6.45) is 1.84. The lowest BCUT2D eigenvalue weighted by Crippen LogP contribution is -2.19. The Morgan fingerprint density at radius 1 is 0.625 bits per heavy atom. The number of hydrogen-bond acceptors (Lipinski definition) is 2. The van der Waals surface area contributed by atoms with E-state index in [-0.39, 0.29) is 0 Å². The second-order valence-corrected chi connectivity index (χ2v) is 6.52. The van der Waals surface area contributed by atoms with Crippen molar-refractivity contribution >= 4 is 38.4 Å². The second kappa shape index (κ2) is 4.91. The third-order valence-electron chi connectivity index (χ3n) is 4.98. The van der Waals surface area contributed by atoms with Crippen molar-refractivity contribution in [1.29, 1.82) is 0 Å². The predicted molar refractivity (Wildman–Crippen MR) is 99.0 cm³/mol. The molecule has 2 unspecified atom stereocenters. The lowest BCUT2D eigenvalue weighted by atomic mass is 9.89. The van der Waals surface area contributed by atoms with Crippen LogP contribution in [0.3, 0.4) is 0 Å². The molecule has 2 atom stereocenters. The molecule has 24 heavy (non-hydrogen) atoms. The van der Waals surface area contributed by atoms with E-state index in [4.69, 9.17) is 0 Å². The average molecular weight is 312 g/mol. The SMILES string of the molecule is OC1C=Cc2cc3cc4cc5ccccc5cc4cc3cc2C1O. The number of hydrogen-bond donors (Lipinski definition) is 2. The van der Waals surface area contributed by atoms with Crippen LogP contribution in [0.15, 0.2) is 66.7 Å². The molecule has 0 bridgehead atoms. The van der Waals surface area contributed by atoms with Crippen LogP contribution in [0.1, 0.15) is 17.2 Å². The molecule has 0 amide bonds. The van der Waals surface area contributed by atoms with Crippen LogP contribution in [0.5, 0.6) is 0 Å². The molecule has 1 aliphatic carbocycles. The minimum atomic E-state index is -0.860. The molecule has 0 heterocycles. The van der Waals surface area contributed by atoms with Crippen LogP contribution in [0.25, 0.3) is 38.4 Å². The van der Waals surface area contributed by atoms with Gasteiger partial charge in [-0.15, -0.1) is 0 Å². The van der Waals surface area contributed by atoms with Gasteiger partial charge in [-0.25, -0.2) is 0 Å². The number of benzene rings is 4. The van der Waals surface area contributed by atoms with Crippen LogP contribution in [0.4, 0.5) is 0 Å². The molecule has 0 aliphatic heterocycles. The van der Waals surface area contributed by atoms with Crippen LogP contribution in [0, 0.1) is 0 Å². The lowest BCUT2D eigenvalue weighted by molar-refractivity contribution is 0.0471. The van der Waals surface area contributed by atoms with Crippen molar-refractivity contribution in [3.05, 3.63) is 77.9 Å². The maximum absolute atomic E-state index is 10.2. The topological polar surface area (TPSA) is 40.5 Å². The van der Waals surface area contributed by atoms with Gasteiger partial charge >= 0.3 is 0 Å². The molecule has 2 N–H and O–H groups in total. The Morgan fingerprint density at radius 2 is 1.17 bits per heavy atom. The van der Waals surface area contributed by atoms with Crippen molar-refractivity contribution in [3.63, 3.8) is 0 Å². The Bertz CT molecular complexity index is 1140. The molecule has 0 radical (unpaired) electrons. The number of fused-ring (bicyclic) bond motifs is 4. The standard InChI is InChI=1S/C22H16O2/c23-21-6-5-15-9-18-10-16-7-13-3-1-2-4-14(13)8-17(16)11-19(18)12-20(15)22(21)24/h1-12,21-24H. The van der Waals surface area contributed by atoms with Crippen molar-refractivity contribution < 1.29 is 10.2 Å². The summed E-state index contributed by atoms with van der Waals surface area (Å²) in [5, 5.41) is 27.2. The highest BCUT2D eigenvalue weighted by atomic mass is 16.3. The van der Waals surface area contributed by atoms with Crippen LogP contribution in [-0.2, 0) is 0 Å². The van der Waals surface area contributed by atoms with E-state index < -0.39 is 12.2 Å². The molecule has 4 aromatic carbocycles. The first-order valence-corrected chi connectivity index (χ1v) is 8.14. The zero-order valence-electron chi connectivity index (χ0n) is 13.0. The molecular weight excluding hydrogens is 296 g/mol. The van der Waals surface area contributed by atoms with Gasteiger partial charge in [-0.3, -0.25) is 0 Å². The van der Waals surface area contributed by atoms with Crippen LogP contribution >= 0.6 is 0 Å². The van der Waals surface area contributed by atoms with Gasteiger partial charge in [0.15, 0.2) is 0 Å². The van der Waals surface area contributed by atoms with E-state index in [1.807, 2.05) is 12.1 Å². The molecule has 5 rings (SSSR count). The van der Waals surface area contributed by atoms with Crippen molar-refractivity contribution in [2.45, 2.75) is 12.2 Å². The fourth-order valence-electron chi connectivity index (χ4n) is 3.67. The van der Waals surface area contributed by atoms with Gasteiger partial charge < -0.3 is 10.2 Å². The quantitative estimate of drug-likeness (QED) is 0.467. The van der Waals surface area contributed by atoms with Gasteiger partial charge in [0.1, 0.15) is 12.2 Å². The second-order valence-electron chi connectivity index (χ2n) is 6.52. The summed E-state index contributed by atoms with van der Waals surface area (Å²) in [5.41, 5.74) is 1.76. The summed E-state index contributed by atoms with van der Waals surface area (Å²) < 4.78 is 0. The lowest BCUT2D eigenvalue weighted by Gasteiger charge is -2.22. The third-order valence-corrected chi connectivity index (χ3v) is 4.98. The van der Waals surface area contributed by atoms with Crippen molar-refractivity contribution in [1.82, 2.24) is 0 Å². The van der Waals surface area contributed by atoms with Gasteiger partial charge in [-0.1, -0.05) is 36.4 Å². The van der Waals surface area contributed by atoms with Gasteiger partial charge in [0.25, 0.3) is 0 Å². The molecule has 4 aromatic rings. The molecule has 1 aliphatic rings. The largest absolute Gasteiger partial charge is 0.386 e. The molecule has 0 spiro atoms. The normalized spacial score (nSPS) is 19.9. The summed E-state index contributed by atoms with van der Waals surface area (Å²) in [4.78, 5) is 0. The Kier molecular flexibility index (Phi) is 2.81. The fourth-order valence-corrected chi connectivity index (χ4v) is 3.67. The predicted octanol–water partition coefficient (Wildman–Crippen LogP) is 4.57. The summed E-state index contributed by atoms with van der Waals surface area (Å²) in [7, 11) is 0. The van der Waals surface area contributed by atoms with Crippen molar-refractivity contribution in [2.75, 3.05) is 0 Å². The number of aliphatic hydroxyl groups is 2. The third kappa shape index (κ3) is 1.97. The smallest absolute Gasteiger partial charge is 0.109 e. The monoisotopic (exact) mass is 312 g/mol. The molecule has 0 aromatic heterocycles. The van der Waals surface area contributed by atoms with Crippen molar-refractivity contribution in [3.8, 4) is 0 Å². The minimum Gasteiger partial charge on any atom is -0.386 e. The van der Waals surface area contributed by atoms with E-state index in [1.165, 1.54) is 21.5 Å². The van der Waals surface area contributed by atoms with E-state index in [2.05, 4.69) is 54.6 Å². The van der Waals surface area contributed by atoms with E-state index in [0.29, 0.717) is 0 Å². The minimum absolute atomic E-state index is 0.789. The molecule has 116 valence electrons. The highest BCUT2D eigenvalue weighted by Gasteiger charge is 2.22. The summed E-state index contributed by atoms with van der Waals surface area (Å²) in [6.45, 7) is 0. The maximum Gasteiger partial charge on any atom is 0.109 e. The van der Waals surface area contributed by atoms with Gasteiger partial charge in [-0.2, -0.15) is 0 Å². The number of rotatable bonds is 0. The molecule has 0 saturated carbocycles. The first-order valence-electron chi connectivity index (χ1n) is 8.14. The number of aliphatic hydroxyl groups excluding tert-OH is 2. The van der Waals surface area contributed by atoms with Crippen LogP contribution < -0.4 is 0 Å². The van der Waals surface area contributed by atoms with Crippen LogP contribution in [-0.4, -0.2) is 16.3 Å². The molecule has 2 nitrogen and oxygen atoms in total. The van der Waals surface area contributed by atoms with E-state index in [0.717, 1.165) is 21.9 Å². The molecule has 2 heteroatoms. The summed E-state index contributed by atoms with van der Waals surface area (Å²) in [6, 6.07) is 21.2. The Labute approximate surface area is 139 Å². The molecular formula is C22H16O2. The zero-order chi connectivity index (χ0) is 16.3. The van der Waals surface area contributed by atoms with Gasteiger partial charge in [-0.05, 0) is 79.8 Å². The Morgan fingerprint density at radius 3 is 1.83 bits per heavy atom. The Hall–Kier alpha value is -2.68. The molecule has 0 saturated heterocycles. The molecule has 0 fully saturated rings. The summed E-state index contributed by atoms with van der Waals surface area (Å²) >= 11 is 0. The summed E-state index contributed by atoms with van der Waals surface area (Å²) in [5.74, 6) is 0. The van der Waals surface area contributed by atoms with E-state index in [1.54, 1.807) is 6.08 Å². The highest BCUT2D eigenvalue weighted by molar-refractivity contribution is 6.05. The fraction of sp³-hybridized carbons (Fsp3) is 0.0909. The van der Waals surface area contributed by atoms with Gasteiger partial charge in [0.2, 0.25) is 0 Å². The first-order chi connectivity index (χ1) is 11.7. The Balaban J connectivity index is 1.83. The first kappa shape index (κ1) is 13.7. The van der Waals surface area contributed by atoms with Crippen LogP contribution in [0.2, 0.25) is 0 Å². The zero-order valence-corrected chi connectivity index (χ0v) is 13.0. The van der Waals surface area contributed by atoms with Gasteiger partial charge in [0, 0.05) is 0 Å². The average Bonchev–Trinajstić information content (AvgIpc) is 2.60. The van der Waals surface area contributed by atoms with E-state index >= 15 is 0 Å². The highest BCUT2D eigenvalue weighted by Crippen LogP contribution is 2.34. The van der Waals surface area contributed by atoms with Crippen molar-refractivity contribution in [2.24, 2.45) is 0 Å². The van der Waals surface area contributed by atoms with E-state index in [9.17, 15) is 10.2 Å². The van der Waals surface area contributed by atoms with Gasteiger partial charge in [0.05, 0.1) is 0 Å². The maximum atomic E-state index is 10.2.